The first-order valence-electron chi connectivity index (χ1n) is 10.7. The standard InChI is InChI=1S/C21H40N4O5/c1-8-12(5)16(22)19(27)24-15(10-11(3)4)18(26)25-17(13(6)9-2)20(28)23-14(7)21(29)30/h11-17H,8-10,22H2,1-7H3,(H,23,28)(H,24,27)(H,25,26)(H,29,30). The predicted octanol–water partition coefficient (Wildman–Crippen LogP) is 1.01. The van der Waals surface area contributed by atoms with Crippen LogP contribution in [0.4, 0.5) is 0 Å². The second kappa shape index (κ2) is 13.2. The van der Waals surface area contributed by atoms with E-state index >= 15 is 0 Å². The molecule has 9 nitrogen and oxygen atoms in total. The van der Waals surface area contributed by atoms with Crippen LogP contribution in [0.15, 0.2) is 0 Å². The van der Waals surface area contributed by atoms with E-state index in [1.165, 1.54) is 6.92 Å². The van der Waals surface area contributed by atoms with Gasteiger partial charge < -0.3 is 26.8 Å². The maximum Gasteiger partial charge on any atom is 0.325 e. The van der Waals surface area contributed by atoms with Gasteiger partial charge in [0.1, 0.15) is 18.1 Å². The Morgan fingerprint density at radius 2 is 1.33 bits per heavy atom. The number of nitrogens with one attached hydrogen (secondary N) is 3. The van der Waals surface area contributed by atoms with E-state index in [0.29, 0.717) is 12.8 Å². The fraction of sp³-hybridized carbons (Fsp3) is 0.810. The van der Waals surface area contributed by atoms with E-state index < -0.39 is 47.9 Å². The Bertz CT molecular complexity index is 596. The Hall–Kier alpha value is -2.16. The van der Waals surface area contributed by atoms with Crippen LogP contribution in [0.25, 0.3) is 0 Å². The zero-order valence-corrected chi connectivity index (χ0v) is 19.3. The number of hydrogen-bond acceptors (Lipinski definition) is 5. The minimum Gasteiger partial charge on any atom is -0.480 e. The summed E-state index contributed by atoms with van der Waals surface area (Å²) >= 11 is 0. The van der Waals surface area contributed by atoms with Crippen molar-refractivity contribution in [3.63, 3.8) is 0 Å². The van der Waals surface area contributed by atoms with E-state index in [2.05, 4.69) is 16.0 Å². The highest BCUT2D eigenvalue weighted by Gasteiger charge is 2.32. The van der Waals surface area contributed by atoms with Gasteiger partial charge in [-0.05, 0) is 31.1 Å². The Morgan fingerprint density at radius 1 is 0.800 bits per heavy atom. The van der Waals surface area contributed by atoms with Crippen LogP contribution < -0.4 is 21.7 Å². The maximum absolute atomic E-state index is 13.0. The highest BCUT2D eigenvalue weighted by Crippen LogP contribution is 2.12. The number of rotatable bonds is 13. The minimum absolute atomic E-state index is 0.0380. The van der Waals surface area contributed by atoms with E-state index in [1.54, 1.807) is 6.92 Å². The van der Waals surface area contributed by atoms with Gasteiger partial charge in [0.25, 0.3) is 0 Å². The average molecular weight is 429 g/mol. The molecule has 0 aromatic rings. The molecule has 6 atom stereocenters. The first kappa shape index (κ1) is 27.8. The molecule has 0 spiro atoms. The molecule has 0 aliphatic carbocycles. The largest absolute Gasteiger partial charge is 0.480 e. The van der Waals surface area contributed by atoms with Crippen LogP contribution in [0, 0.1) is 17.8 Å². The molecule has 0 saturated carbocycles. The summed E-state index contributed by atoms with van der Waals surface area (Å²) in [6, 6.07) is -3.58. The van der Waals surface area contributed by atoms with Gasteiger partial charge in [-0.3, -0.25) is 19.2 Å². The molecular formula is C21H40N4O5. The average Bonchev–Trinajstić information content (AvgIpc) is 2.68. The van der Waals surface area contributed by atoms with Crippen molar-refractivity contribution in [2.24, 2.45) is 23.5 Å². The van der Waals surface area contributed by atoms with E-state index in [4.69, 9.17) is 10.8 Å². The fourth-order valence-corrected chi connectivity index (χ4v) is 2.80. The zero-order chi connectivity index (χ0) is 23.6. The molecule has 0 aliphatic heterocycles. The third-order valence-electron chi connectivity index (χ3n) is 5.42. The molecule has 3 amide bonds. The number of carbonyl (C=O) groups excluding carboxylic acids is 3. The van der Waals surface area contributed by atoms with Gasteiger partial charge in [-0.15, -0.1) is 0 Å². The lowest BCUT2D eigenvalue weighted by molar-refractivity contribution is -0.142. The monoisotopic (exact) mass is 428 g/mol. The van der Waals surface area contributed by atoms with Gasteiger partial charge in [-0.25, -0.2) is 0 Å². The number of aliphatic carboxylic acids is 1. The highest BCUT2D eigenvalue weighted by atomic mass is 16.4. The summed E-state index contributed by atoms with van der Waals surface area (Å²) in [4.78, 5) is 49.1. The van der Waals surface area contributed by atoms with Gasteiger partial charge >= 0.3 is 5.97 Å². The van der Waals surface area contributed by atoms with E-state index in [-0.39, 0.29) is 17.8 Å². The number of carboxylic acids is 1. The molecule has 0 fully saturated rings. The zero-order valence-electron chi connectivity index (χ0n) is 19.3. The molecule has 0 rings (SSSR count). The lowest BCUT2D eigenvalue weighted by Crippen LogP contribution is -2.59. The van der Waals surface area contributed by atoms with Gasteiger partial charge in [-0.2, -0.15) is 0 Å². The van der Waals surface area contributed by atoms with E-state index in [9.17, 15) is 19.2 Å². The van der Waals surface area contributed by atoms with Gasteiger partial charge in [0.2, 0.25) is 17.7 Å². The lowest BCUT2D eigenvalue weighted by atomic mass is 9.95. The summed E-state index contributed by atoms with van der Waals surface area (Å²) in [5, 5.41) is 16.9. The molecule has 0 bridgehead atoms. The lowest BCUT2D eigenvalue weighted by Gasteiger charge is -2.28. The second-order valence-electron chi connectivity index (χ2n) is 8.54. The number of hydrogen-bond donors (Lipinski definition) is 5. The molecule has 0 radical (unpaired) electrons. The van der Waals surface area contributed by atoms with Crippen molar-refractivity contribution < 1.29 is 24.3 Å². The first-order chi connectivity index (χ1) is 13.8. The summed E-state index contributed by atoms with van der Waals surface area (Å²) < 4.78 is 0. The Kier molecular flexibility index (Phi) is 12.3. The Labute approximate surface area is 179 Å². The van der Waals surface area contributed by atoms with Crippen LogP contribution in [0.2, 0.25) is 0 Å². The third kappa shape index (κ3) is 9.11. The summed E-state index contributed by atoms with van der Waals surface area (Å²) in [5.74, 6) is -2.79. The number of carbonyl (C=O) groups is 4. The van der Waals surface area contributed by atoms with Crippen LogP contribution in [-0.2, 0) is 19.2 Å². The summed E-state index contributed by atoms with van der Waals surface area (Å²) in [6.07, 6.45) is 1.71. The minimum atomic E-state index is -1.17. The van der Waals surface area contributed by atoms with Crippen molar-refractivity contribution in [1.29, 1.82) is 0 Å². The van der Waals surface area contributed by atoms with E-state index in [1.807, 2.05) is 34.6 Å². The normalized spacial score (nSPS) is 17.2. The van der Waals surface area contributed by atoms with Crippen LogP contribution in [0.3, 0.4) is 0 Å². The SMILES string of the molecule is CCC(C)C(N)C(=O)NC(CC(C)C)C(=O)NC(C(=O)NC(C)C(=O)O)C(C)CC. The predicted molar refractivity (Wildman–Crippen MR) is 115 cm³/mol. The number of amides is 3. The molecule has 0 aromatic carbocycles. The molecule has 9 heteroatoms. The highest BCUT2D eigenvalue weighted by molar-refractivity contribution is 5.94. The molecule has 6 N–H and O–H groups in total. The van der Waals surface area contributed by atoms with Crippen LogP contribution >= 0.6 is 0 Å². The first-order valence-corrected chi connectivity index (χ1v) is 10.7. The van der Waals surface area contributed by atoms with Gasteiger partial charge in [-0.1, -0.05) is 54.4 Å². The molecule has 174 valence electrons. The molecule has 0 aromatic heterocycles. The smallest absolute Gasteiger partial charge is 0.325 e. The maximum atomic E-state index is 13.0. The molecule has 30 heavy (non-hydrogen) atoms. The summed E-state index contributed by atoms with van der Waals surface area (Å²) in [5.41, 5.74) is 5.99. The van der Waals surface area contributed by atoms with Gasteiger partial charge in [0.05, 0.1) is 6.04 Å². The van der Waals surface area contributed by atoms with Crippen molar-refractivity contribution in [2.45, 2.75) is 91.9 Å². The number of carboxylic acid groups (broad SMARTS) is 1. The molecule has 0 heterocycles. The fourth-order valence-electron chi connectivity index (χ4n) is 2.80. The topological polar surface area (TPSA) is 151 Å². The third-order valence-corrected chi connectivity index (χ3v) is 5.42. The van der Waals surface area contributed by atoms with Crippen LogP contribution in [0.5, 0.6) is 0 Å². The Balaban J connectivity index is 5.44. The molecule has 0 saturated heterocycles. The second-order valence-corrected chi connectivity index (χ2v) is 8.54. The van der Waals surface area contributed by atoms with Crippen LogP contribution in [0.1, 0.15) is 67.7 Å². The van der Waals surface area contributed by atoms with Crippen molar-refractivity contribution in [2.75, 3.05) is 0 Å². The van der Waals surface area contributed by atoms with Crippen LogP contribution in [-0.4, -0.2) is 53.0 Å². The van der Waals surface area contributed by atoms with Crippen molar-refractivity contribution in [3.05, 3.63) is 0 Å². The van der Waals surface area contributed by atoms with E-state index in [0.717, 1.165) is 6.42 Å². The summed E-state index contributed by atoms with van der Waals surface area (Å²) in [6.45, 7) is 12.7. The summed E-state index contributed by atoms with van der Waals surface area (Å²) in [7, 11) is 0. The molecule has 0 aliphatic rings. The quantitative estimate of drug-likeness (QED) is 0.295. The molecule has 6 unspecified atom stereocenters. The van der Waals surface area contributed by atoms with Crippen molar-refractivity contribution in [3.8, 4) is 0 Å². The van der Waals surface area contributed by atoms with Gasteiger partial charge in [0, 0.05) is 0 Å². The number of nitrogens with two attached hydrogens (primary N) is 1. The van der Waals surface area contributed by atoms with Crippen molar-refractivity contribution >= 4 is 23.7 Å². The van der Waals surface area contributed by atoms with Crippen molar-refractivity contribution in [1.82, 2.24) is 16.0 Å². The Morgan fingerprint density at radius 3 is 1.77 bits per heavy atom. The molecular weight excluding hydrogens is 388 g/mol. The van der Waals surface area contributed by atoms with Gasteiger partial charge in [0.15, 0.2) is 0 Å².